The summed E-state index contributed by atoms with van der Waals surface area (Å²) in [5.74, 6) is 0.0320. The molecule has 132 valence electrons. The molecule has 0 unspecified atom stereocenters. The molecule has 0 saturated heterocycles. The predicted molar refractivity (Wildman–Crippen MR) is 102 cm³/mol. The number of aromatic nitrogens is 4. The molecule has 26 heavy (non-hydrogen) atoms. The number of thiophene rings is 1. The molecule has 0 atom stereocenters. The van der Waals surface area contributed by atoms with Crippen LogP contribution in [-0.4, -0.2) is 30.8 Å². The van der Waals surface area contributed by atoms with E-state index in [4.69, 9.17) is 0 Å². The molecule has 3 heterocycles. The Morgan fingerprint density at radius 3 is 2.81 bits per heavy atom. The van der Waals surface area contributed by atoms with Gasteiger partial charge in [0.1, 0.15) is 0 Å². The largest absolute Gasteiger partial charge is 0.333 e. The van der Waals surface area contributed by atoms with E-state index in [1.54, 1.807) is 22.8 Å². The summed E-state index contributed by atoms with van der Waals surface area (Å²) >= 11 is 1.65. The number of tetrazole rings is 1. The molecule has 1 amide bonds. The molecule has 1 aromatic carbocycles. The first-order valence-electron chi connectivity index (χ1n) is 8.42. The van der Waals surface area contributed by atoms with Crippen LogP contribution in [0.4, 0.5) is 0 Å². The maximum Gasteiger partial charge on any atom is 0.220 e. The lowest BCUT2D eigenvalue weighted by Crippen LogP contribution is -2.27. The van der Waals surface area contributed by atoms with Crippen LogP contribution in [0.15, 0.2) is 35.7 Å². The van der Waals surface area contributed by atoms with Crippen molar-refractivity contribution in [3.8, 4) is 0 Å². The van der Waals surface area contributed by atoms with Crippen molar-refractivity contribution in [1.29, 1.82) is 0 Å². The highest BCUT2D eigenvalue weighted by molar-refractivity contribution is 7.09. The van der Waals surface area contributed by atoms with Crippen LogP contribution in [0.25, 0.3) is 16.6 Å². The van der Waals surface area contributed by atoms with Gasteiger partial charge in [-0.1, -0.05) is 17.7 Å². The summed E-state index contributed by atoms with van der Waals surface area (Å²) in [5.41, 5.74) is 4.97. The fraction of sp³-hybridized carbons (Fsp3) is 0.263. The molecule has 0 N–H and O–H groups in total. The van der Waals surface area contributed by atoms with E-state index in [2.05, 4.69) is 47.6 Å². The summed E-state index contributed by atoms with van der Waals surface area (Å²) in [6, 6.07) is 10.4. The van der Waals surface area contributed by atoms with Crippen LogP contribution in [-0.2, 0) is 17.9 Å². The Morgan fingerprint density at radius 2 is 2.08 bits per heavy atom. The van der Waals surface area contributed by atoms with Crippen molar-refractivity contribution in [3.63, 3.8) is 0 Å². The number of hydrogen-bond acceptors (Lipinski definition) is 5. The summed E-state index contributed by atoms with van der Waals surface area (Å²) in [7, 11) is 0. The van der Waals surface area contributed by atoms with Crippen molar-refractivity contribution in [2.24, 2.45) is 0 Å². The number of carbonyl (C=O) groups is 1. The van der Waals surface area contributed by atoms with Gasteiger partial charge in [-0.15, -0.1) is 16.4 Å². The SMILES string of the molecule is CC(=O)N(Cc1cccs1)Cc1cc2cc(C)cc(C)c2n2nnnc12. The highest BCUT2D eigenvalue weighted by Crippen LogP contribution is 2.25. The smallest absolute Gasteiger partial charge is 0.220 e. The molecule has 4 rings (SSSR count). The second-order valence-corrected chi connectivity index (χ2v) is 7.59. The van der Waals surface area contributed by atoms with Gasteiger partial charge >= 0.3 is 0 Å². The molecule has 4 aromatic rings. The quantitative estimate of drug-likeness (QED) is 0.555. The summed E-state index contributed by atoms with van der Waals surface area (Å²) in [6.07, 6.45) is 0. The average Bonchev–Trinajstić information content (AvgIpc) is 3.24. The molecule has 0 saturated carbocycles. The third-order valence-corrected chi connectivity index (χ3v) is 5.37. The number of carbonyl (C=O) groups excluding carboxylic acids is 1. The van der Waals surface area contributed by atoms with Crippen molar-refractivity contribution < 1.29 is 4.79 Å². The van der Waals surface area contributed by atoms with Crippen molar-refractivity contribution >= 4 is 33.8 Å². The standard InChI is InChI=1S/C19H19N5OS/c1-12-7-13(2)18-15(8-12)9-16(19-20-21-22-24(18)19)10-23(14(3)25)11-17-5-4-6-26-17/h4-9H,10-11H2,1-3H3. The zero-order valence-corrected chi connectivity index (χ0v) is 15.7. The Bertz CT molecular complexity index is 1100. The molecule has 0 spiro atoms. The van der Waals surface area contributed by atoms with Gasteiger partial charge in [0.25, 0.3) is 0 Å². The van der Waals surface area contributed by atoms with Gasteiger partial charge in [-0.05, 0) is 53.4 Å². The molecule has 0 aliphatic rings. The van der Waals surface area contributed by atoms with Gasteiger partial charge in [-0.3, -0.25) is 4.79 Å². The molecule has 3 aromatic heterocycles. The molecule has 7 heteroatoms. The Balaban J connectivity index is 1.81. The number of rotatable bonds is 4. The Kier molecular flexibility index (Phi) is 4.16. The van der Waals surface area contributed by atoms with E-state index >= 15 is 0 Å². The maximum absolute atomic E-state index is 12.2. The minimum Gasteiger partial charge on any atom is -0.333 e. The molecule has 0 bridgehead atoms. The Hall–Kier alpha value is -2.80. The third-order valence-electron chi connectivity index (χ3n) is 4.51. The molecular formula is C19H19N5OS. The van der Waals surface area contributed by atoms with E-state index in [1.807, 2.05) is 22.4 Å². The summed E-state index contributed by atoms with van der Waals surface area (Å²) < 4.78 is 1.78. The van der Waals surface area contributed by atoms with Crippen molar-refractivity contribution in [1.82, 2.24) is 24.9 Å². The Morgan fingerprint density at radius 1 is 1.23 bits per heavy atom. The molecule has 0 aliphatic heterocycles. The fourth-order valence-corrected chi connectivity index (χ4v) is 4.09. The lowest BCUT2D eigenvalue weighted by atomic mass is 10.0. The highest BCUT2D eigenvalue weighted by Gasteiger charge is 2.17. The number of amides is 1. The van der Waals surface area contributed by atoms with E-state index in [0.29, 0.717) is 18.7 Å². The minimum atomic E-state index is 0.0320. The van der Waals surface area contributed by atoms with Crippen molar-refractivity contribution in [2.45, 2.75) is 33.9 Å². The number of pyridine rings is 1. The number of aryl methyl sites for hydroxylation is 2. The highest BCUT2D eigenvalue weighted by atomic mass is 32.1. The first-order valence-corrected chi connectivity index (χ1v) is 9.29. The first-order chi connectivity index (χ1) is 12.5. The van der Waals surface area contributed by atoms with Crippen LogP contribution in [0.1, 0.15) is 28.5 Å². The summed E-state index contributed by atoms with van der Waals surface area (Å²) in [4.78, 5) is 15.2. The average molecular weight is 365 g/mol. The van der Waals surface area contributed by atoms with Gasteiger partial charge in [0.2, 0.25) is 5.91 Å². The van der Waals surface area contributed by atoms with Gasteiger partial charge in [-0.2, -0.15) is 4.52 Å². The molecular weight excluding hydrogens is 346 g/mol. The van der Waals surface area contributed by atoms with E-state index in [9.17, 15) is 4.79 Å². The lowest BCUT2D eigenvalue weighted by molar-refractivity contribution is -0.130. The zero-order valence-electron chi connectivity index (χ0n) is 14.9. The lowest BCUT2D eigenvalue weighted by Gasteiger charge is -2.21. The van der Waals surface area contributed by atoms with Crippen LogP contribution in [0.2, 0.25) is 0 Å². The second-order valence-electron chi connectivity index (χ2n) is 6.56. The molecule has 0 fully saturated rings. The van der Waals surface area contributed by atoms with Crippen LogP contribution in [0, 0.1) is 13.8 Å². The van der Waals surface area contributed by atoms with E-state index in [-0.39, 0.29) is 5.91 Å². The molecule has 0 radical (unpaired) electrons. The Labute approximate surface area is 155 Å². The molecule has 6 nitrogen and oxygen atoms in total. The van der Waals surface area contributed by atoms with Gasteiger partial charge < -0.3 is 4.90 Å². The number of fused-ring (bicyclic) bond motifs is 3. The van der Waals surface area contributed by atoms with E-state index in [1.165, 1.54) is 5.56 Å². The summed E-state index contributed by atoms with van der Waals surface area (Å²) in [5, 5.41) is 15.4. The van der Waals surface area contributed by atoms with Gasteiger partial charge in [0.15, 0.2) is 5.65 Å². The second kappa shape index (κ2) is 6.49. The monoisotopic (exact) mass is 365 g/mol. The first kappa shape index (κ1) is 16.7. The predicted octanol–water partition coefficient (Wildman–Crippen LogP) is 3.50. The normalized spacial score (nSPS) is 11.3. The topological polar surface area (TPSA) is 63.4 Å². The fourth-order valence-electron chi connectivity index (χ4n) is 3.37. The number of hydrogen-bond donors (Lipinski definition) is 0. The minimum absolute atomic E-state index is 0.0320. The van der Waals surface area contributed by atoms with Gasteiger partial charge in [0, 0.05) is 29.3 Å². The van der Waals surface area contributed by atoms with Gasteiger partial charge in [-0.25, -0.2) is 0 Å². The van der Waals surface area contributed by atoms with Crippen LogP contribution >= 0.6 is 11.3 Å². The van der Waals surface area contributed by atoms with E-state index in [0.717, 1.165) is 26.9 Å². The van der Waals surface area contributed by atoms with Crippen LogP contribution in [0.3, 0.4) is 0 Å². The third kappa shape index (κ3) is 2.94. The number of benzene rings is 1. The zero-order chi connectivity index (χ0) is 18.3. The van der Waals surface area contributed by atoms with Gasteiger partial charge in [0.05, 0.1) is 12.1 Å². The van der Waals surface area contributed by atoms with Crippen molar-refractivity contribution in [3.05, 3.63) is 57.3 Å². The number of nitrogens with zero attached hydrogens (tertiary/aromatic N) is 5. The van der Waals surface area contributed by atoms with E-state index < -0.39 is 0 Å². The molecule has 0 aliphatic carbocycles. The van der Waals surface area contributed by atoms with Crippen LogP contribution in [0.5, 0.6) is 0 Å². The van der Waals surface area contributed by atoms with Crippen LogP contribution < -0.4 is 0 Å². The van der Waals surface area contributed by atoms with Crippen molar-refractivity contribution in [2.75, 3.05) is 0 Å². The maximum atomic E-state index is 12.2. The summed E-state index contributed by atoms with van der Waals surface area (Å²) in [6.45, 7) is 6.80.